The van der Waals surface area contributed by atoms with Crippen LogP contribution in [0, 0.1) is 5.41 Å². The molecule has 1 unspecified atom stereocenters. The lowest BCUT2D eigenvalue weighted by molar-refractivity contribution is 0.191. The molecule has 1 aromatic rings. The van der Waals surface area contributed by atoms with Gasteiger partial charge < -0.3 is 10.6 Å². The van der Waals surface area contributed by atoms with Crippen LogP contribution in [0.1, 0.15) is 20.8 Å². The molecule has 1 aliphatic heterocycles. The van der Waals surface area contributed by atoms with Gasteiger partial charge in [0.2, 0.25) is 0 Å². The number of hydrogen-bond acceptors (Lipinski definition) is 3. The minimum absolute atomic E-state index is 0.171. The maximum atomic E-state index is 6.27. The fourth-order valence-corrected chi connectivity index (χ4v) is 2.60. The van der Waals surface area contributed by atoms with E-state index in [0.717, 1.165) is 37.7 Å². The first kappa shape index (κ1) is 15.6. The van der Waals surface area contributed by atoms with Crippen LogP contribution in [0.25, 0.3) is 0 Å². The van der Waals surface area contributed by atoms with Crippen LogP contribution < -0.4 is 10.6 Å². The van der Waals surface area contributed by atoms with Gasteiger partial charge in [-0.3, -0.25) is 4.90 Å². The Morgan fingerprint density at radius 2 is 1.85 bits per heavy atom. The van der Waals surface area contributed by atoms with Gasteiger partial charge in [0.25, 0.3) is 0 Å². The first-order chi connectivity index (χ1) is 9.36. The largest absolute Gasteiger partial charge is 0.369 e. The minimum atomic E-state index is 0.171. The van der Waals surface area contributed by atoms with Gasteiger partial charge in [0.05, 0.1) is 0 Å². The number of nitrogens with zero attached hydrogens (tertiary/aromatic N) is 2. The molecule has 0 aromatic heterocycles. The van der Waals surface area contributed by atoms with Crippen molar-refractivity contribution in [1.29, 1.82) is 0 Å². The van der Waals surface area contributed by atoms with Crippen molar-refractivity contribution in [3.05, 3.63) is 29.3 Å². The Morgan fingerprint density at radius 1 is 1.20 bits per heavy atom. The van der Waals surface area contributed by atoms with Gasteiger partial charge in [-0.25, -0.2) is 0 Å². The van der Waals surface area contributed by atoms with Gasteiger partial charge in [-0.15, -0.1) is 0 Å². The SMILES string of the molecule is CC(C)(C)C(N)CN1CCN(c2cccc(Cl)c2)CC1. The number of benzene rings is 1. The number of hydrogen-bond donors (Lipinski definition) is 1. The molecule has 1 atom stereocenters. The Balaban J connectivity index is 1.87. The molecule has 1 aliphatic rings. The molecule has 112 valence electrons. The Bertz CT molecular complexity index is 434. The molecule has 1 heterocycles. The molecular formula is C16H26ClN3. The van der Waals surface area contributed by atoms with Gasteiger partial charge in [-0.2, -0.15) is 0 Å². The molecule has 1 fully saturated rings. The van der Waals surface area contributed by atoms with Crippen LogP contribution in [0.15, 0.2) is 24.3 Å². The minimum Gasteiger partial charge on any atom is -0.369 e. The standard InChI is InChI=1S/C16H26ClN3/c1-16(2,3)15(18)12-19-7-9-20(10-8-19)14-6-4-5-13(17)11-14/h4-6,11,15H,7-10,12,18H2,1-3H3. The van der Waals surface area contributed by atoms with E-state index in [0.29, 0.717) is 0 Å². The number of nitrogens with two attached hydrogens (primary N) is 1. The zero-order chi connectivity index (χ0) is 14.8. The molecule has 2 rings (SSSR count). The second-order valence-corrected chi connectivity index (χ2v) is 7.18. The van der Waals surface area contributed by atoms with Crippen molar-refractivity contribution in [2.45, 2.75) is 26.8 Å². The molecule has 1 aromatic carbocycles. The number of piperazine rings is 1. The van der Waals surface area contributed by atoms with Crippen molar-refractivity contribution >= 4 is 17.3 Å². The maximum absolute atomic E-state index is 6.27. The maximum Gasteiger partial charge on any atom is 0.0426 e. The first-order valence-electron chi connectivity index (χ1n) is 7.35. The van der Waals surface area contributed by atoms with Gasteiger partial charge in [0.15, 0.2) is 0 Å². The molecule has 0 spiro atoms. The van der Waals surface area contributed by atoms with Gasteiger partial charge in [-0.1, -0.05) is 38.4 Å². The summed E-state index contributed by atoms with van der Waals surface area (Å²) in [6, 6.07) is 8.32. The predicted molar refractivity (Wildman–Crippen MR) is 87.5 cm³/mol. The summed E-state index contributed by atoms with van der Waals surface area (Å²) in [7, 11) is 0. The highest BCUT2D eigenvalue weighted by atomic mass is 35.5. The van der Waals surface area contributed by atoms with E-state index in [1.165, 1.54) is 5.69 Å². The van der Waals surface area contributed by atoms with Crippen LogP contribution in [0.3, 0.4) is 0 Å². The molecule has 4 heteroatoms. The first-order valence-corrected chi connectivity index (χ1v) is 7.72. The average molecular weight is 296 g/mol. The van der Waals surface area contributed by atoms with Gasteiger partial charge in [0, 0.05) is 49.5 Å². The molecule has 2 N–H and O–H groups in total. The quantitative estimate of drug-likeness (QED) is 0.931. The van der Waals surface area contributed by atoms with Crippen LogP contribution in [-0.4, -0.2) is 43.7 Å². The van der Waals surface area contributed by atoms with E-state index < -0.39 is 0 Å². The molecule has 0 amide bonds. The highest BCUT2D eigenvalue weighted by molar-refractivity contribution is 6.30. The third kappa shape index (κ3) is 4.11. The van der Waals surface area contributed by atoms with Gasteiger partial charge >= 0.3 is 0 Å². The van der Waals surface area contributed by atoms with Crippen molar-refractivity contribution < 1.29 is 0 Å². The summed E-state index contributed by atoms with van der Waals surface area (Å²) in [4.78, 5) is 4.86. The smallest absolute Gasteiger partial charge is 0.0426 e. The normalized spacial score (nSPS) is 19.1. The summed E-state index contributed by atoms with van der Waals surface area (Å²) in [5.74, 6) is 0. The predicted octanol–water partition coefficient (Wildman–Crippen LogP) is 2.84. The summed E-state index contributed by atoms with van der Waals surface area (Å²) >= 11 is 6.06. The van der Waals surface area contributed by atoms with Gasteiger partial charge in [0.1, 0.15) is 0 Å². The van der Waals surface area contributed by atoms with Crippen LogP contribution >= 0.6 is 11.6 Å². The van der Waals surface area contributed by atoms with Crippen LogP contribution in [0.2, 0.25) is 5.02 Å². The average Bonchev–Trinajstić information content (AvgIpc) is 2.38. The molecular weight excluding hydrogens is 270 g/mol. The van der Waals surface area contributed by atoms with Crippen molar-refractivity contribution in [1.82, 2.24) is 4.90 Å². The summed E-state index contributed by atoms with van der Waals surface area (Å²) in [6.45, 7) is 11.8. The zero-order valence-corrected chi connectivity index (χ0v) is 13.5. The topological polar surface area (TPSA) is 32.5 Å². The second-order valence-electron chi connectivity index (χ2n) is 6.74. The highest BCUT2D eigenvalue weighted by Crippen LogP contribution is 2.22. The lowest BCUT2D eigenvalue weighted by Crippen LogP contribution is -2.52. The lowest BCUT2D eigenvalue weighted by Gasteiger charge is -2.39. The zero-order valence-electron chi connectivity index (χ0n) is 12.8. The molecule has 3 nitrogen and oxygen atoms in total. The molecule has 0 radical (unpaired) electrons. The summed E-state index contributed by atoms with van der Waals surface area (Å²) in [5.41, 5.74) is 7.66. The van der Waals surface area contributed by atoms with E-state index in [4.69, 9.17) is 17.3 Å². The van der Waals surface area contributed by atoms with Crippen molar-refractivity contribution in [3.8, 4) is 0 Å². The van der Waals surface area contributed by atoms with E-state index in [2.05, 4.69) is 36.6 Å². The van der Waals surface area contributed by atoms with Crippen LogP contribution in [-0.2, 0) is 0 Å². The fraction of sp³-hybridized carbons (Fsp3) is 0.625. The Labute approximate surface area is 127 Å². The molecule has 1 saturated heterocycles. The van der Waals surface area contributed by atoms with E-state index in [-0.39, 0.29) is 11.5 Å². The second kappa shape index (κ2) is 6.33. The van der Waals surface area contributed by atoms with Gasteiger partial charge in [-0.05, 0) is 23.6 Å². The summed E-state index contributed by atoms with van der Waals surface area (Å²) in [5, 5.41) is 0.805. The van der Waals surface area contributed by atoms with E-state index in [9.17, 15) is 0 Å². The number of rotatable bonds is 3. The molecule has 0 saturated carbocycles. The highest BCUT2D eigenvalue weighted by Gasteiger charge is 2.25. The van der Waals surface area contributed by atoms with Crippen molar-refractivity contribution in [2.75, 3.05) is 37.6 Å². The van der Waals surface area contributed by atoms with Crippen LogP contribution in [0.5, 0.6) is 0 Å². The number of anilines is 1. The molecule has 20 heavy (non-hydrogen) atoms. The monoisotopic (exact) mass is 295 g/mol. The third-order valence-corrected chi connectivity index (χ3v) is 4.35. The van der Waals surface area contributed by atoms with Crippen molar-refractivity contribution in [2.24, 2.45) is 11.1 Å². The number of halogens is 1. The fourth-order valence-electron chi connectivity index (χ4n) is 2.41. The summed E-state index contributed by atoms with van der Waals surface area (Å²) in [6.07, 6.45) is 0. The summed E-state index contributed by atoms with van der Waals surface area (Å²) < 4.78 is 0. The van der Waals surface area contributed by atoms with Crippen LogP contribution in [0.4, 0.5) is 5.69 Å². The Hall–Kier alpha value is -0.770. The van der Waals surface area contributed by atoms with E-state index >= 15 is 0 Å². The Kier molecular flexibility index (Phi) is 4.95. The third-order valence-electron chi connectivity index (χ3n) is 4.11. The van der Waals surface area contributed by atoms with Crippen molar-refractivity contribution in [3.63, 3.8) is 0 Å². The van der Waals surface area contributed by atoms with E-state index in [1.807, 2.05) is 18.2 Å². The lowest BCUT2D eigenvalue weighted by atomic mass is 9.87. The molecule has 0 aliphatic carbocycles. The molecule has 0 bridgehead atoms. The van der Waals surface area contributed by atoms with E-state index in [1.54, 1.807) is 0 Å². The Morgan fingerprint density at radius 3 is 2.40 bits per heavy atom.